The lowest BCUT2D eigenvalue weighted by Gasteiger charge is -2.12. The van der Waals surface area contributed by atoms with Gasteiger partial charge in [-0.2, -0.15) is 0 Å². The zero-order valence-corrected chi connectivity index (χ0v) is 17.1. The highest BCUT2D eigenvalue weighted by atomic mass is 32.1. The molecule has 2 amide bonds. The zero-order chi connectivity index (χ0) is 19.8. The Morgan fingerprint density at radius 1 is 1.18 bits per heavy atom. The van der Waals surface area contributed by atoms with Crippen molar-refractivity contribution in [2.75, 3.05) is 26.3 Å². The minimum absolute atomic E-state index is 0.0534. The number of ether oxygens (including phenoxy) is 1. The van der Waals surface area contributed by atoms with Crippen LogP contribution in [0.5, 0.6) is 0 Å². The van der Waals surface area contributed by atoms with Crippen molar-refractivity contribution in [3.63, 3.8) is 0 Å². The van der Waals surface area contributed by atoms with Gasteiger partial charge in [-0.25, -0.2) is 9.59 Å². The molecule has 5 rings (SSSR count). The molecule has 0 aromatic carbocycles. The Bertz CT molecular complexity index is 1010. The lowest BCUT2D eigenvalue weighted by molar-refractivity contribution is 0.198. The van der Waals surface area contributed by atoms with Crippen LogP contribution in [0, 0.1) is 6.92 Å². The van der Waals surface area contributed by atoms with Gasteiger partial charge < -0.3 is 15.0 Å². The summed E-state index contributed by atoms with van der Waals surface area (Å²) in [6, 6.07) is -0.0242. The van der Waals surface area contributed by atoms with E-state index in [1.165, 1.54) is 28.7 Å². The average molecular weight is 407 g/mol. The highest BCUT2D eigenvalue weighted by molar-refractivity contribution is 7.18. The van der Waals surface area contributed by atoms with E-state index in [-0.39, 0.29) is 23.3 Å². The number of aryl methyl sites for hydroxylation is 2. The van der Waals surface area contributed by atoms with Gasteiger partial charge in [0.05, 0.1) is 11.9 Å². The van der Waals surface area contributed by atoms with Gasteiger partial charge in [0.15, 0.2) is 0 Å². The molecule has 28 heavy (non-hydrogen) atoms. The van der Waals surface area contributed by atoms with Crippen LogP contribution < -0.4 is 16.6 Å². The van der Waals surface area contributed by atoms with Crippen LogP contribution in [0.3, 0.4) is 0 Å². The molecule has 0 unspecified atom stereocenters. The van der Waals surface area contributed by atoms with E-state index >= 15 is 0 Å². The van der Waals surface area contributed by atoms with Crippen LogP contribution in [-0.2, 0) is 18.3 Å². The van der Waals surface area contributed by atoms with Crippen molar-refractivity contribution in [2.45, 2.75) is 45.2 Å². The number of amides is 2. The SMILES string of the molecule is C1CCOC1.Cc1c(CN2CCNC2=O)sc2c1c(=O)n(C1CC1)c(=O)n2C. The number of aromatic nitrogens is 2. The molecular weight excluding hydrogens is 380 g/mol. The van der Waals surface area contributed by atoms with E-state index in [9.17, 15) is 14.4 Å². The van der Waals surface area contributed by atoms with Gasteiger partial charge in [-0.05, 0) is 38.2 Å². The number of carbonyl (C=O) groups excluding carboxylic acids is 1. The minimum atomic E-state index is -0.239. The highest BCUT2D eigenvalue weighted by Crippen LogP contribution is 2.34. The first kappa shape index (κ1) is 19.2. The van der Waals surface area contributed by atoms with Gasteiger partial charge >= 0.3 is 11.7 Å². The molecule has 4 heterocycles. The predicted molar refractivity (Wildman–Crippen MR) is 108 cm³/mol. The summed E-state index contributed by atoms with van der Waals surface area (Å²) in [5, 5.41) is 3.40. The van der Waals surface area contributed by atoms with Crippen molar-refractivity contribution in [1.29, 1.82) is 0 Å². The second-order valence-electron chi connectivity index (χ2n) is 7.55. The van der Waals surface area contributed by atoms with Gasteiger partial charge in [-0.15, -0.1) is 11.3 Å². The smallest absolute Gasteiger partial charge is 0.332 e. The van der Waals surface area contributed by atoms with Crippen LogP contribution in [0.15, 0.2) is 9.59 Å². The Morgan fingerprint density at radius 3 is 2.43 bits per heavy atom. The van der Waals surface area contributed by atoms with Crippen molar-refractivity contribution in [3.8, 4) is 0 Å². The normalized spacial score (nSPS) is 19.1. The van der Waals surface area contributed by atoms with Gasteiger partial charge in [-0.3, -0.25) is 13.9 Å². The lowest BCUT2D eigenvalue weighted by Crippen LogP contribution is -2.38. The van der Waals surface area contributed by atoms with Crippen LogP contribution in [0.25, 0.3) is 10.2 Å². The largest absolute Gasteiger partial charge is 0.381 e. The summed E-state index contributed by atoms with van der Waals surface area (Å²) in [5.74, 6) is 0. The average Bonchev–Trinajstić information content (AvgIpc) is 3.07. The molecule has 3 fully saturated rings. The number of hydrogen-bond donors (Lipinski definition) is 1. The summed E-state index contributed by atoms with van der Waals surface area (Å²) in [6.07, 6.45) is 4.34. The Morgan fingerprint density at radius 2 is 1.89 bits per heavy atom. The van der Waals surface area contributed by atoms with Gasteiger partial charge in [0.25, 0.3) is 5.56 Å². The van der Waals surface area contributed by atoms with E-state index in [4.69, 9.17) is 4.74 Å². The maximum Gasteiger partial charge on any atom is 0.332 e. The molecule has 1 aliphatic carbocycles. The zero-order valence-electron chi connectivity index (χ0n) is 16.3. The number of rotatable bonds is 3. The quantitative estimate of drug-likeness (QED) is 0.841. The molecule has 2 aromatic rings. The summed E-state index contributed by atoms with van der Waals surface area (Å²) in [5.41, 5.74) is 0.466. The summed E-state index contributed by atoms with van der Waals surface area (Å²) in [7, 11) is 1.71. The molecule has 2 aromatic heterocycles. The Balaban J connectivity index is 0.000000336. The van der Waals surface area contributed by atoms with Crippen LogP contribution in [0.2, 0.25) is 0 Å². The molecule has 0 atom stereocenters. The number of carbonyl (C=O) groups is 1. The number of thiophene rings is 1. The van der Waals surface area contributed by atoms with Gasteiger partial charge in [0.2, 0.25) is 0 Å². The summed E-state index contributed by atoms with van der Waals surface area (Å²) < 4.78 is 7.91. The third kappa shape index (κ3) is 3.48. The molecule has 0 bridgehead atoms. The topological polar surface area (TPSA) is 85.6 Å². The number of urea groups is 1. The van der Waals surface area contributed by atoms with Crippen LogP contribution in [0.1, 0.15) is 42.2 Å². The van der Waals surface area contributed by atoms with E-state index < -0.39 is 0 Å². The fraction of sp³-hybridized carbons (Fsp3) is 0.632. The maximum atomic E-state index is 12.8. The Labute approximate surface area is 166 Å². The first-order chi connectivity index (χ1) is 13.5. The minimum Gasteiger partial charge on any atom is -0.381 e. The Hall–Kier alpha value is -2.13. The van der Waals surface area contributed by atoms with Gasteiger partial charge in [0.1, 0.15) is 4.83 Å². The molecule has 3 aliphatic rings. The molecule has 1 saturated carbocycles. The van der Waals surface area contributed by atoms with Crippen molar-refractivity contribution in [2.24, 2.45) is 7.05 Å². The molecule has 8 nitrogen and oxygen atoms in total. The molecule has 2 aliphatic heterocycles. The lowest BCUT2D eigenvalue weighted by atomic mass is 10.2. The number of fused-ring (bicyclic) bond motifs is 1. The standard InChI is InChI=1S/C15H18N4O3S.C4H8O/c1-8-10(7-18-6-5-16-14(18)21)23-13-11(8)12(20)19(9-3-4-9)15(22)17(13)2;1-2-4-5-3-1/h9H,3-7H2,1-2H3,(H,16,21);1-4H2. The fourth-order valence-corrected chi connectivity index (χ4v) is 4.91. The van der Waals surface area contributed by atoms with Crippen LogP contribution >= 0.6 is 11.3 Å². The van der Waals surface area contributed by atoms with Crippen molar-refractivity contribution in [1.82, 2.24) is 19.4 Å². The van der Waals surface area contributed by atoms with E-state index in [1.807, 2.05) is 6.92 Å². The molecule has 152 valence electrons. The highest BCUT2D eigenvalue weighted by Gasteiger charge is 2.30. The first-order valence-corrected chi connectivity index (χ1v) is 10.6. The first-order valence-electron chi connectivity index (χ1n) is 9.83. The van der Waals surface area contributed by atoms with Gasteiger partial charge in [0, 0.05) is 44.3 Å². The molecule has 9 heteroatoms. The molecular formula is C19H26N4O4S. The summed E-state index contributed by atoms with van der Waals surface area (Å²) in [4.78, 5) is 40.4. The third-order valence-electron chi connectivity index (χ3n) is 5.48. The maximum absolute atomic E-state index is 12.8. The molecule has 1 N–H and O–H groups in total. The van der Waals surface area contributed by atoms with E-state index in [1.54, 1.807) is 16.5 Å². The van der Waals surface area contributed by atoms with Crippen molar-refractivity contribution < 1.29 is 9.53 Å². The van der Waals surface area contributed by atoms with E-state index in [0.717, 1.165) is 36.5 Å². The second-order valence-corrected chi connectivity index (χ2v) is 8.63. The monoisotopic (exact) mass is 406 g/mol. The van der Waals surface area contributed by atoms with Gasteiger partial charge in [-0.1, -0.05) is 0 Å². The van der Waals surface area contributed by atoms with Crippen LogP contribution in [-0.4, -0.2) is 46.4 Å². The second kappa shape index (κ2) is 7.71. The number of hydrogen-bond acceptors (Lipinski definition) is 5. The van der Waals surface area contributed by atoms with Crippen LogP contribution in [0.4, 0.5) is 4.79 Å². The number of nitrogens with one attached hydrogen (secondary N) is 1. The molecule has 0 spiro atoms. The predicted octanol–water partition coefficient (Wildman–Crippen LogP) is 1.73. The van der Waals surface area contributed by atoms with E-state index in [0.29, 0.717) is 29.9 Å². The molecule has 0 radical (unpaired) electrons. The number of nitrogens with zero attached hydrogens (tertiary/aromatic N) is 3. The summed E-state index contributed by atoms with van der Waals surface area (Å²) in [6.45, 7) is 5.70. The van der Waals surface area contributed by atoms with E-state index in [2.05, 4.69) is 5.32 Å². The van der Waals surface area contributed by atoms with Crippen molar-refractivity contribution >= 4 is 27.6 Å². The van der Waals surface area contributed by atoms with Crippen molar-refractivity contribution in [3.05, 3.63) is 31.3 Å². The third-order valence-corrected chi connectivity index (χ3v) is 6.83. The fourth-order valence-electron chi connectivity index (χ4n) is 3.64. The summed E-state index contributed by atoms with van der Waals surface area (Å²) >= 11 is 1.44. The Kier molecular flexibility index (Phi) is 5.29. The molecule has 2 saturated heterocycles.